The molecule has 4 rings (SSSR count). The lowest BCUT2D eigenvalue weighted by molar-refractivity contribution is -0.145. The van der Waals surface area contributed by atoms with E-state index in [0.29, 0.717) is 40.7 Å². The van der Waals surface area contributed by atoms with Crippen LogP contribution in [0.25, 0.3) is 0 Å². The number of carbonyl (C=O) groups excluding carboxylic acids is 2. The molecule has 0 radical (unpaired) electrons. The Morgan fingerprint density at radius 1 is 1.15 bits per heavy atom. The van der Waals surface area contributed by atoms with Crippen LogP contribution >= 0.6 is 23.2 Å². The quantitative estimate of drug-likeness (QED) is 0.417. The van der Waals surface area contributed by atoms with Crippen molar-refractivity contribution >= 4 is 35.1 Å². The predicted octanol–water partition coefficient (Wildman–Crippen LogP) is 5.47. The van der Waals surface area contributed by atoms with Crippen molar-refractivity contribution in [3.05, 3.63) is 93.5 Å². The van der Waals surface area contributed by atoms with Crippen LogP contribution in [0.3, 0.4) is 0 Å². The maximum Gasteiger partial charge on any atom is 0.328 e. The fraction of sp³-hybridized carbons (Fsp3) is 0.240. The summed E-state index contributed by atoms with van der Waals surface area (Å²) in [6.45, 7) is 0.398. The van der Waals surface area contributed by atoms with E-state index in [1.165, 1.54) is 30.3 Å². The number of amides is 1. The number of hydrogen-bond acceptors (Lipinski definition) is 5. The van der Waals surface area contributed by atoms with Gasteiger partial charge in [-0.1, -0.05) is 41.4 Å². The molecule has 3 aromatic rings. The Morgan fingerprint density at radius 2 is 1.94 bits per heavy atom. The molecular weight excluding hydrogens is 482 g/mol. The Labute approximate surface area is 206 Å². The van der Waals surface area contributed by atoms with Gasteiger partial charge in [-0.3, -0.25) is 9.78 Å². The molecule has 2 unspecified atom stereocenters. The molecule has 1 aliphatic heterocycles. The first-order chi connectivity index (χ1) is 16.4. The van der Waals surface area contributed by atoms with Crippen molar-refractivity contribution in [3.63, 3.8) is 0 Å². The minimum atomic E-state index is -0.815. The molecule has 0 aliphatic carbocycles. The Morgan fingerprint density at radius 3 is 2.62 bits per heavy atom. The average Bonchev–Trinajstić information content (AvgIpc) is 3.33. The average molecular weight is 503 g/mol. The summed E-state index contributed by atoms with van der Waals surface area (Å²) in [6.07, 6.45) is 1.83. The third-order valence-electron chi connectivity index (χ3n) is 5.62. The van der Waals surface area contributed by atoms with Crippen LogP contribution in [0.1, 0.15) is 40.6 Å². The second kappa shape index (κ2) is 10.4. The van der Waals surface area contributed by atoms with Crippen molar-refractivity contribution in [1.82, 2.24) is 9.88 Å². The molecule has 0 saturated carbocycles. The van der Waals surface area contributed by atoms with Gasteiger partial charge in [0.05, 0.1) is 17.8 Å². The van der Waals surface area contributed by atoms with Crippen molar-refractivity contribution in [2.45, 2.75) is 25.0 Å². The van der Waals surface area contributed by atoms with Gasteiger partial charge in [0, 0.05) is 28.9 Å². The number of hydrogen-bond donors (Lipinski definition) is 0. The van der Waals surface area contributed by atoms with Gasteiger partial charge in [0.15, 0.2) is 17.7 Å². The van der Waals surface area contributed by atoms with Crippen molar-refractivity contribution in [2.75, 3.05) is 13.7 Å². The minimum absolute atomic E-state index is 0.0795. The highest BCUT2D eigenvalue weighted by Gasteiger charge is 2.35. The first-order valence-corrected chi connectivity index (χ1v) is 11.4. The van der Waals surface area contributed by atoms with Gasteiger partial charge in [0.2, 0.25) is 0 Å². The van der Waals surface area contributed by atoms with Gasteiger partial charge in [-0.25, -0.2) is 9.18 Å². The number of carbonyl (C=O) groups is 2. The number of methoxy groups -OCH3 is 1. The largest absolute Gasteiger partial charge is 0.476 e. The van der Waals surface area contributed by atoms with E-state index in [1.807, 2.05) is 0 Å². The van der Waals surface area contributed by atoms with E-state index in [2.05, 4.69) is 4.98 Å². The van der Waals surface area contributed by atoms with Crippen LogP contribution in [0.5, 0.6) is 5.75 Å². The number of esters is 1. The summed E-state index contributed by atoms with van der Waals surface area (Å²) >= 11 is 12.3. The molecule has 2 atom stereocenters. The number of rotatable bonds is 6. The molecule has 2 aromatic carbocycles. The standard InChI is InChI=1S/C25H21Cl2FN2O4/c1-33-25(32)21-7-4-12-30(21)24(31)15-8-11-22(19(28)13-15)34-23(17-5-2-3-6-18(17)27)20-10-9-16(26)14-29-20/h2-3,5-6,8-11,13-14,21,23H,4,7,12H2,1H3. The second-order valence-electron chi connectivity index (χ2n) is 7.75. The molecule has 0 N–H and O–H groups in total. The van der Waals surface area contributed by atoms with E-state index in [0.717, 1.165) is 6.07 Å². The molecule has 1 saturated heterocycles. The van der Waals surface area contributed by atoms with Gasteiger partial charge in [-0.15, -0.1) is 0 Å². The molecule has 0 spiro atoms. The van der Waals surface area contributed by atoms with Gasteiger partial charge >= 0.3 is 5.97 Å². The first kappa shape index (κ1) is 24.0. The van der Waals surface area contributed by atoms with Crippen molar-refractivity contribution in [1.29, 1.82) is 0 Å². The summed E-state index contributed by atoms with van der Waals surface area (Å²) in [7, 11) is 1.28. The monoisotopic (exact) mass is 502 g/mol. The molecule has 34 heavy (non-hydrogen) atoms. The minimum Gasteiger partial charge on any atom is -0.476 e. The molecule has 1 fully saturated rings. The van der Waals surface area contributed by atoms with Crippen LogP contribution in [0, 0.1) is 5.82 Å². The predicted molar refractivity (Wildman–Crippen MR) is 126 cm³/mol. The molecule has 1 aliphatic rings. The molecule has 9 heteroatoms. The fourth-order valence-electron chi connectivity index (χ4n) is 3.93. The summed E-state index contributed by atoms with van der Waals surface area (Å²) in [6, 6.07) is 13.6. The normalized spacial score (nSPS) is 16.2. The summed E-state index contributed by atoms with van der Waals surface area (Å²) in [5.74, 6) is -1.74. The summed E-state index contributed by atoms with van der Waals surface area (Å²) in [5.41, 5.74) is 1.19. The third-order valence-corrected chi connectivity index (χ3v) is 6.18. The zero-order chi connectivity index (χ0) is 24.2. The van der Waals surface area contributed by atoms with E-state index in [1.54, 1.807) is 36.4 Å². The second-order valence-corrected chi connectivity index (χ2v) is 8.59. The number of ether oxygens (including phenoxy) is 2. The van der Waals surface area contributed by atoms with Crippen molar-refractivity contribution in [3.8, 4) is 5.75 Å². The molecule has 176 valence electrons. The highest BCUT2D eigenvalue weighted by molar-refractivity contribution is 6.31. The topological polar surface area (TPSA) is 68.7 Å². The molecular formula is C25H21Cl2FN2O4. The summed E-state index contributed by atoms with van der Waals surface area (Å²) in [4.78, 5) is 30.7. The zero-order valence-corrected chi connectivity index (χ0v) is 19.7. The maximum absolute atomic E-state index is 15.1. The smallest absolute Gasteiger partial charge is 0.328 e. The number of nitrogens with zero attached hydrogens (tertiary/aromatic N) is 2. The zero-order valence-electron chi connectivity index (χ0n) is 18.2. The first-order valence-electron chi connectivity index (χ1n) is 10.6. The fourth-order valence-corrected chi connectivity index (χ4v) is 4.27. The van der Waals surface area contributed by atoms with Gasteiger partial charge < -0.3 is 14.4 Å². The SMILES string of the molecule is COC(=O)C1CCCN1C(=O)c1ccc(OC(c2ccc(Cl)cn2)c2ccccc2Cl)c(F)c1. The van der Waals surface area contributed by atoms with Crippen LogP contribution in [0.2, 0.25) is 10.0 Å². The highest BCUT2D eigenvalue weighted by atomic mass is 35.5. The number of halogens is 3. The summed E-state index contributed by atoms with van der Waals surface area (Å²) < 4.78 is 25.9. The van der Waals surface area contributed by atoms with E-state index in [4.69, 9.17) is 32.7 Å². The molecule has 1 aromatic heterocycles. The lowest BCUT2D eigenvalue weighted by Crippen LogP contribution is -2.41. The molecule has 1 amide bonds. The maximum atomic E-state index is 15.1. The Hall–Kier alpha value is -3.16. The van der Waals surface area contributed by atoms with Gasteiger partial charge in [0.1, 0.15) is 6.04 Å². The number of aromatic nitrogens is 1. The summed E-state index contributed by atoms with van der Waals surface area (Å²) in [5, 5.41) is 0.877. The van der Waals surface area contributed by atoms with Crippen molar-refractivity contribution < 1.29 is 23.5 Å². The van der Waals surface area contributed by atoms with Crippen LogP contribution in [0.15, 0.2) is 60.8 Å². The lowest BCUT2D eigenvalue weighted by atomic mass is 10.1. The van der Waals surface area contributed by atoms with E-state index in [9.17, 15) is 9.59 Å². The van der Waals surface area contributed by atoms with Crippen LogP contribution in [-0.2, 0) is 9.53 Å². The molecule has 0 bridgehead atoms. The number of likely N-dealkylation sites (tertiary alicyclic amines) is 1. The van der Waals surface area contributed by atoms with Crippen LogP contribution < -0.4 is 4.74 Å². The highest BCUT2D eigenvalue weighted by Crippen LogP contribution is 2.34. The molecule has 2 heterocycles. The van der Waals surface area contributed by atoms with Gasteiger partial charge in [-0.05, 0) is 49.2 Å². The van der Waals surface area contributed by atoms with E-state index >= 15 is 4.39 Å². The third kappa shape index (κ3) is 5.00. The Balaban J connectivity index is 1.62. The van der Waals surface area contributed by atoms with Crippen LogP contribution in [-0.4, -0.2) is 41.5 Å². The number of pyridine rings is 1. The van der Waals surface area contributed by atoms with E-state index < -0.39 is 29.8 Å². The number of benzene rings is 2. The lowest BCUT2D eigenvalue weighted by Gasteiger charge is -2.23. The molecule has 6 nitrogen and oxygen atoms in total. The van der Waals surface area contributed by atoms with E-state index in [-0.39, 0.29) is 11.3 Å². The van der Waals surface area contributed by atoms with Crippen LogP contribution in [0.4, 0.5) is 4.39 Å². The Kier molecular flexibility index (Phi) is 7.34. The van der Waals surface area contributed by atoms with Gasteiger partial charge in [0.25, 0.3) is 5.91 Å². The van der Waals surface area contributed by atoms with Gasteiger partial charge in [-0.2, -0.15) is 0 Å². The Bertz CT molecular complexity index is 1210. The van der Waals surface area contributed by atoms with Crippen molar-refractivity contribution in [2.24, 2.45) is 0 Å².